The Bertz CT molecular complexity index is 1350. The highest BCUT2D eigenvalue weighted by Crippen LogP contribution is 2.25. The highest BCUT2D eigenvalue weighted by atomic mass is 33.1. The summed E-state index contributed by atoms with van der Waals surface area (Å²) in [6, 6.07) is 0.636. The molecule has 1 aromatic rings. The molecule has 0 aliphatic carbocycles. The molecule has 2 aliphatic heterocycles. The molecule has 0 unspecified atom stereocenters. The van der Waals surface area contributed by atoms with Gasteiger partial charge in [0.2, 0.25) is 41.4 Å². The molecule has 7 amide bonds. The zero-order valence-electron chi connectivity index (χ0n) is 27.5. The number of phenols is 1. The van der Waals surface area contributed by atoms with Crippen molar-refractivity contribution < 1.29 is 38.7 Å². The van der Waals surface area contributed by atoms with Crippen molar-refractivity contribution in [2.45, 2.75) is 76.2 Å². The summed E-state index contributed by atoms with van der Waals surface area (Å²) in [5, 5.41) is 27.9. The van der Waals surface area contributed by atoms with E-state index in [0.717, 1.165) is 0 Å². The zero-order valence-corrected chi connectivity index (χ0v) is 29.2. The van der Waals surface area contributed by atoms with Gasteiger partial charge in [0.05, 0.1) is 13.1 Å². The molecular weight excluding hydrogens is 677 g/mol. The Morgan fingerprint density at radius 3 is 1.90 bits per heavy atom. The topological polar surface area (TPSA) is 250 Å². The average Bonchev–Trinajstić information content (AvgIpc) is 3.05. The summed E-state index contributed by atoms with van der Waals surface area (Å²) < 4.78 is 0. The van der Waals surface area contributed by atoms with Gasteiger partial charge in [0.25, 0.3) is 0 Å². The molecule has 3 rings (SSSR count). The summed E-state index contributed by atoms with van der Waals surface area (Å²) in [4.78, 5) is 92.5. The van der Waals surface area contributed by atoms with E-state index in [1.54, 1.807) is 12.1 Å². The van der Waals surface area contributed by atoms with E-state index in [2.05, 4.69) is 37.2 Å². The van der Waals surface area contributed by atoms with E-state index in [9.17, 15) is 38.7 Å². The fourth-order valence-electron chi connectivity index (χ4n) is 5.03. The predicted octanol–water partition coefficient (Wildman–Crippen LogP) is -1.83. The average molecular weight is 723 g/mol. The summed E-state index contributed by atoms with van der Waals surface area (Å²) in [5.74, 6) is -4.21. The zero-order chi connectivity index (χ0) is 35.9. The van der Waals surface area contributed by atoms with Gasteiger partial charge >= 0.3 is 0 Å². The van der Waals surface area contributed by atoms with Crippen molar-refractivity contribution >= 4 is 62.9 Å². The van der Waals surface area contributed by atoms with Gasteiger partial charge in [-0.25, -0.2) is 0 Å². The summed E-state index contributed by atoms with van der Waals surface area (Å²) in [6.45, 7) is 3.08. The molecule has 2 heterocycles. The van der Waals surface area contributed by atoms with E-state index in [1.165, 1.54) is 33.7 Å². The smallest absolute Gasteiger partial charge is 0.244 e. The first kappa shape index (κ1) is 39.4. The number of nitrogens with one attached hydrogen (secondary N) is 7. The quantitative estimate of drug-likeness (QED) is 0.107. The minimum atomic E-state index is -1.20. The number of rotatable bonds is 8. The summed E-state index contributed by atoms with van der Waals surface area (Å²) >= 11 is 0. The second-order valence-corrected chi connectivity index (χ2v) is 14.8. The summed E-state index contributed by atoms with van der Waals surface area (Å²) in [6.07, 6.45) is 1.43. The van der Waals surface area contributed by atoms with Gasteiger partial charge in [-0.05, 0) is 55.8 Å². The van der Waals surface area contributed by atoms with E-state index < -0.39 is 84.6 Å². The molecular formula is C31H46N8O8S2. The van der Waals surface area contributed by atoms with E-state index in [-0.39, 0.29) is 42.4 Å². The lowest BCUT2D eigenvalue weighted by Crippen LogP contribution is -2.58. The first-order valence-corrected chi connectivity index (χ1v) is 18.6. The fourth-order valence-corrected chi connectivity index (χ4v) is 7.36. The molecule has 5 atom stereocenters. The highest BCUT2D eigenvalue weighted by molar-refractivity contribution is 8.76. The van der Waals surface area contributed by atoms with Crippen LogP contribution < -0.4 is 43.0 Å². The molecule has 49 heavy (non-hydrogen) atoms. The van der Waals surface area contributed by atoms with Crippen molar-refractivity contribution in [3.8, 4) is 5.75 Å². The van der Waals surface area contributed by atoms with Gasteiger partial charge in [0.1, 0.15) is 36.0 Å². The number of carbonyl (C=O) groups excluding carboxylic acids is 7. The molecule has 16 nitrogen and oxygen atoms in total. The third-order valence-electron chi connectivity index (χ3n) is 7.63. The van der Waals surface area contributed by atoms with Crippen molar-refractivity contribution in [3.63, 3.8) is 0 Å². The van der Waals surface area contributed by atoms with Crippen molar-refractivity contribution in [1.82, 2.24) is 37.2 Å². The highest BCUT2D eigenvalue weighted by Gasteiger charge is 2.33. The summed E-state index contributed by atoms with van der Waals surface area (Å²) in [7, 11) is 2.58. The van der Waals surface area contributed by atoms with Gasteiger partial charge in [-0.15, -0.1) is 0 Å². The minimum Gasteiger partial charge on any atom is -0.508 e. The first-order chi connectivity index (χ1) is 23.4. The normalized spacial score (nSPS) is 25.3. The molecule has 10 N–H and O–H groups in total. The molecule has 0 radical (unpaired) electrons. The van der Waals surface area contributed by atoms with Crippen molar-refractivity contribution in [1.29, 1.82) is 0 Å². The number of carbonyl (C=O) groups is 7. The maximum atomic E-state index is 13.7. The van der Waals surface area contributed by atoms with Gasteiger partial charge < -0.3 is 48.1 Å². The van der Waals surface area contributed by atoms with Gasteiger partial charge in [0.15, 0.2) is 0 Å². The third kappa shape index (κ3) is 13.4. The van der Waals surface area contributed by atoms with Crippen LogP contribution in [0.3, 0.4) is 0 Å². The van der Waals surface area contributed by atoms with Crippen molar-refractivity contribution in [2.75, 3.05) is 31.1 Å². The Hall–Kier alpha value is -4.03. The Morgan fingerprint density at radius 2 is 1.27 bits per heavy atom. The molecule has 2 aliphatic rings. The second-order valence-electron chi connectivity index (χ2n) is 12.2. The Balaban J connectivity index is 1.94. The SMILES string of the molecule is CC(C)C[C@@H]1NC(=O)[C@H](CCCCN)NC(=O)[C@H](Cc2ccc(O)cc2)NC(=O)CNC(=O)[C@@H]2CSSC[C@H](NC(=O)CNC1=O)C(=O)N2. The van der Waals surface area contributed by atoms with Crippen LogP contribution in [0.4, 0.5) is 0 Å². The van der Waals surface area contributed by atoms with E-state index in [1.807, 2.05) is 13.8 Å². The lowest BCUT2D eigenvalue weighted by Gasteiger charge is -2.26. The Kier molecular flexibility index (Phi) is 16.0. The number of phenolic OH excluding ortho intramolecular Hbond substituents is 1. The van der Waals surface area contributed by atoms with E-state index >= 15 is 0 Å². The van der Waals surface area contributed by atoms with Crippen LogP contribution in [-0.4, -0.2) is 108 Å². The number of amides is 7. The van der Waals surface area contributed by atoms with Gasteiger partial charge in [-0.3, -0.25) is 33.6 Å². The third-order valence-corrected chi connectivity index (χ3v) is 10.1. The lowest BCUT2D eigenvalue weighted by molar-refractivity contribution is -0.134. The van der Waals surface area contributed by atoms with Crippen LogP contribution in [0, 0.1) is 5.92 Å². The molecule has 18 heteroatoms. The molecule has 0 aromatic heterocycles. The van der Waals surface area contributed by atoms with Crippen LogP contribution in [0.25, 0.3) is 0 Å². The van der Waals surface area contributed by atoms with Crippen LogP contribution in [0.2, 0.25) is 0 Å². The number of hydrogen-bond donors (Lipinski definition) is 9. The van der Waals surface area contributed by atoms with E-state index in [0.29, 0.717) is 24.9 Å². The molecule has 270 valence electrons. The first-order valence-electron chi connectivity index (χ1n) is 16.1. The van der Waals surface area contributed by atoms with Crippen LogP contribution in [0.5, 0.6) is 5.75 Å². The van der Waals surface area contributed by atoms with Gasteiger partial charge in [0, 0.05) is 17.9 Å². The van der Waals surface area contributed by atoms with Crippen LogP contribution in [-0.2, 0) is 40.0 Å². The predicted molar refractivity (Wildman–Crippen MR) is 185 cm³/mol. The number of nitrogens with two attached hydrogens (primary N) is 1. The van der Waals surface area contributed by atoms with Crippen LogP contribution in [0.15, 0.2) is 24.3 Å². The molecule has 2 bridgehead atoms. The number of unbranched alkanes of at least 4 members (excludes halogenated alkanes) is 1. The molecule has 2 saturated heterocycles. The molecule has 0 saturated carbocycles. The molecule has 0 spiro atoms. The largest absolute Gasteiger partial charge is 0.508 e. The lowest BCUT2D eigenvalue weighted by atomic mass is 10.0. The van der Waals surface area contributed by atoms with Crippen LogP contribution in [0.1, 0.15) is 45.1 Å². The number of hydrogen-bond acceptors (Lipinski definition) is 11. The maximum Gasteiger partial charge on any atom is 0.244 e. The number of aromatic hydroxyl groups is 1. The van der Waals surface area contributed by atoms with Crippen LogP contribution >= 0.6 is 21.6 Å². The standard InChI is InChI=1S/C31H46N8O8S2/c1-17(2)11-21-27(43)33-14-26(42)36-24-16-49-48-15-23(39-31(24)47)28(44)34-13-25(41)35-22(12-18-6-8-19(40)9-7-18)30(46)37-20(29(45)38-21)5-3-4-10-32/h6-9,17,20-24,40H,3-5,10-16,32H2,1-2H3,(H,33,43)(H,34,44)(H,35,41)(H,36,42)(H,37,46)(H,38,45)(H,39,47)/t20-,21-,22-,23-,24-/m0/s1. The van der Waals surface area contributed by atoms with Gasteiger partial charge in [-0.2, -0.15) is 0 Å². The maximum absolute atomic E-state index is 13.7. The fraction of sp³-hybridized carbons (Fsp3) is 0.581. The number of benzene rings is 1. The second kappa shape index (κ2) is 19.8. The molecule has 2 fully saturated rings. The van der Waals surface area contributed by atoms with Crippen molar-refractivity contribution in [2.24, 2.45) is 11.7 Å². The monoisotopic (exact) mass is 722 g/mol. The Morgan fingerprint density at radius 1 is 0.694 bits per heavy atom. The van der Waals surface area contributed by atoms with Crippen molar-refractivity contribution in [3.05, 3.63) is 29.8 Å². The number of fused-ring (bicyclic) bond motifs is 3. The molecule has 1 aromatic carbocycles. The van der Waals surface area contributed by atoms with E-state index in [4.69, 9.17) is 5.73 Å². The Labute approximate surface area is 292 Å². The summed E-state index contributed by atoms with van der Waals surface area (Å²) in [5.41, 5.74) is 6.25. The minimum absolute atomic E-state index is 0.00725. The van der Waals surface area contributed by atoms with Gasteiger partial charge in [-0.1, -0.05) is 47.6 Å².